The molecule has 0 unspecified atom stereocenters. The zero-order valence-electron chi connectivity index (χ0n) is 31.1. The molecule has 9 nitrogen and oxygen atoms in total. The van der Waals surface area contributed by atoms with Crippen LogP contribution in [0.4, 0.5) is 11.4 Å². The van der Waals surface area contributed by atoms with Gasteiger partial charge in [-0.25, -0.2) is 0 Å². The first kappa shape index (κ1) is 36.4. The third-order valence-electron chi connectivity index (χ3n) is 12.4. The average Bonchev–Trinajstić information content (AvgIpc) is 3.81. The fourth-order valence-electron chi connectivity index (χ4n) is 9.71. The van der Waals surface area contributed by atoms with Crippen molar-refractivity contribution in [2.75, 3.05) is 36.6 Å². The van der Waals surface area contributed by atoms with Crippen molar-refractivity contribution in [2.45, 2.75) is 101 Å². The van der Waals surface area contributed by atoms with Gasteiger partial charge in [-0.2, -0.15) is 0 Å². The normalized spacial score (nSPS) is 26.5. The third-order valence-corrected chi connectivity index (χ3v) is 16.8. The van der Waals surface area contributed by atoms with Crippen LogP contribution in [0.25, 0.3) is 0 Å². The van der Waals surface area contributed by atoms with Crippen LogP contribution in [-0.4, -0.2) is 74.8 Å². The van der Waals surface area contributed by atoms with E-state index >= 15 is 4.79 Å². The maximum absolute atomic E-state index is 15.2. The van der Waals surface area contributed by atoms with Crippen LogP contribution in [0.3, 0.4) is 0 Å². The van der Waals surface area contributed by atoms with Crippen LogP contribution < -0.4 is 19.7 Å². The number of hydrogen-bond acceptors (Lipinski definition) is 6. The molecule has 10 heteroatoms. The summed E-state index contributed by atoms with van der Waals surface area (Å²) in [7, 11) is -0.769. The predicted octanol–water partition coefficient (Wildman–Crippen LogP) is 6.13. The molecule has 0 bridgehead atoms. The van der Waals surface area contributed by atoms with Crippen molar-refractivity contribution in [2.24, 2.45) is 5.92 Å². The van der Waals surface area contributed by atoms with Gasteiger partial charge in [0.25, 0.3) is 5.91 Å². The second-order valence-corrected chi connectivity index (χ2v) is 20.4. The molecule has 276 valence electrons. The fraction of sp³-hybridized carbons (Fsp3) is 0.500. The molecular formula is C42H53N3O6Si. The van der Waals surface area contributed by atoms with E-state index in [1.54, 1.807) is 7.11 Å². The van der Waals surface area contributed by atoms with Gasteiger partial charge in [0.1, 0.15) is 5.75 Å². The number of para-hydroxylation sites is 1. The number of likely N-dealkylation sites (tertiary alicyclic amines) is 1. The van der Waals surface area contributed by atoms with Gasteiger partial charge in [0.15, 0.2) is 5.60 Å². The van der Waals surface area contributed by atoms with Gasteiger partial charge in [0.05, 0.1) is 52.6 Å². The second-order valence-electron chi connectivity index (χ2n) is 15.7. The van der Waals surface area contributed by atoms with Gasteiger partial charge in [-0.3, -0.25) is 14.4 Å². The molecular weight excluding hydrogens is 671 g/mol. The molecule has 3 aromatic rings. The van der Waals surface area contributed by atoms with E-state index in [9.17, 15) is 14.7 Å². The van der Waals surface area contributed by atoms with Gasteiger partial charge in [-0.1, -0.05) is 80.5 Å². The van der Waals surface area contributed by atoms with Crippen LogP contribution in [-0.2, 0) is 31.3 Å². The van der Waals surface area contributed by atoms with Crippen LogP contribution in [0.2, 0.25) is 18.6 Å². The van der Waals surface area contributed by atoms with E-state index in [2.05, 4.69) is 38.2 Å². The fourth-order valence-corrected chi connectivity index (χ4v) is 13.7. The molecule has 0 aliphatic carbocycles. The van der Waals surface area contributed by atoms with Gasteiger partial charge in [-0.05, 0) is 67.1 Å². The summed E-state index contributed by atoms with van der Waals surface area (Å²) in [6.45, 7) is 8.40. The lowest BCUT2D eigenvalue weighted by Crippen LogP contribution is -2.52. The molecule has 4 aliphatic rings. The summed E-state index contributed by atoms with van der Waals surface area (Å²) in [5.74, 6) is 0.571. The number of methoxy groups -OCH3 is 1. The van der Waals surface area contributed by atoms with E-state index in [4.69, 9.17) is 9.47 Å². The number of fused-ring (bicyclic) bond motifs is 2. The number of carbonyl (C=O) groups excluding carboxylic acids is 3. The van der Waals surface area contributed by atoms with Crippen LogP contribution in [0.5, 0.6) is 5.75 Å². The Morgan fingerprint density at radius 3 is 2.50 bits per heavy atom. The van der Waals surface area contributed by atoms with Gasteiger partial charge >= 0.3 is 0 Å². The highest BCUT2D eigenvalue weighted by atomic mass is 28.3. The van der Waals surface area contributed by atoms with Crippen LogP contribution in [0.15, 0.2) is 72.8 Å². The Bertz CT molecular complexity index is 1800. The van der Waals surface area contributed by atoms with Crippen molar-refractivity contribution >= 4 is 42.4 Å². The first-order valence-electron chi connectivity index (χ1n) is 19.1. The standard InChI is InChI=1S/C42H53N3O6Si/c1-29-40(52(3,4)34-21-19-33(50-2)20-22-34)37(26-39(48)44-24-12-15-32(44)28-46)51-42(29)35-16-8-9-17-36(35)45(41(42)49)27-30-13-11-14-31(25-30)43-23-10-6-5-7-18-38(43)47/h8-9,11,13-14,16-17,19-22,25,29,32,37,40,46H,5-7,10,12,15,18,23-24,26-28H2,1-4H3/t29-,32-,37+,40-,42+/m0/s1. The Labute approximate surface area is 308 Å². The van der Waals surface area contributed by atoms with Crippen molar-refractivity contribution in [3.8, 4) is 5.75 Å². The Balaban J connectivity index is 1.25. The third kappa shape index (κ3) is 6.36. The summed E-state index contributed by atoms with van der Waals surface area (Å²) in [5.41, 5.74) is 2.15. The first-order chi connectivity index (χ1) is 25.1. The smallest absolute Gasteiger partial charge is 0.264 e. The highest BCUT2D eigenvalue weighted by Gasteiger charge is 2.66. The van der Waals surface area contributed by atoms with E-state index in [-0.39, 0.29) is 48.3 Å². The number of anilines is 2. The summed E-state index contributed by atoms with van der Waals surface area (Å²) in [6, 6.07) is 24.1. The van der Waals surface area contributed by atoms with E-state index < -0.39 is 19.8 Å². The molecule has 0 aromatic heterocycles. The van der Waals surface area contributed by atoms with Crippen LogP contribution in [0.1, 0.15) is 69.4 Å². The molecule has 1 N–H and O–H groups in total. The number of hydrogen-bond donors (Lipinski definition) is 1. The van der Waals surface area contributed by atoms with Crippen molar-refractivity contribution < 1.29 is 29.0 Å². The summed E-state index contributed by atoms with van der Waals surface area (Å²) >= 11 is 0. The van der Waals surface area contributed by atoms with E-state index in [0.717, 1.165) is 66.8 Å². The molecule has 7 rings (SSSR count). The Hall–Kier alpha value is -3.99. The van der Waals surface area contributed by atoms with Gasteiger partial charge in [0.2, 0.25) is 11.8 Å². The maximum atomic E-state index is 15.2. The number of benzene rings is 3. The van der Waals surface area contributed by atoms with E-state index in [1.165, 1.54) is 5.19 Å². The van der Waals surface area contributed by atoms with Gasteiger partial charge in [-0.15, -0.1) is 0 Å². The van der Waals surface area contributed by atoms with Crippen molar-refractivity contribution in [1.29, 1.82) is 0 Å². The number of ether oxygens (including phenoxy) is 2. The quantitative estimate of drug-likeness (QED) is 0.267. The van der Waals surface area contributed by atoms with Crippen molar-refractivity contribution in [3.63, 3.8) is 0 Å². The second kappa shape index (κ2) is 14.8. The molecule has 1 spiro atoms. The molecule has 3 saturated heterocycles. The molecule has 3 amide bonds. The summed E-state index contributed by atoms with van der Waals surface area (Å²) < 4.78 is 12.7. The van der Waals surface area contributed by atoms with Gasteiger partial charge < -0.3 is 29.3 Å². The predicted molar refractivity (Wildman–Crippen MR) is 206 cm³/mol. The highest BCUT2D eigenvalue weighted by molar-refractivity contribution is 6.91. The lowest BCUT2D eigenvalue weighted by Gasteiger charge is -2.37. The number of amides is 3. The summed E-state index contributed by atoms with van der Waals surface area (Å²) in [6.07, 6.45) is 5.98. The Morgan fingerprint density at radius 1 is 0.962 bits per heavy atom. The molecule has 5 atom stereocenters. The number of aliphatic hydroxyl groups is 1. The van der Waals surface area contributed by atoms with Crippen molar-refractivity contribution in [3.05, 3.63) is 83.9 Å². The lowest BCUT2D eigenvalue weighted by atomic mass is 9.82. The summed E-state index contributed by atoms with van der Waals surface area (Å²) in [4.78, 5) is 48.0. The molecule has 52 heavy (non-hydrogen) atoms. The Kier molecular flexibility index (Phi) is 10.3. The number of carbonyl (C=O) groups is 3. The molecule has 0 radical (unpaired) electrons. The molecule has 0 saturated carbocycles. The SMILES string of the molecule is COc1ccc([Si](C)(C)[C@@H]2[C@@H](CC(=O)N3CCC[C@H]3CO)O[C@]3(C(=O)N(Cc4cccc(N5CCCCCCC5=O)c4)c4ccccc43)[C@H]2C)cc1. The van der Waals surface area contributed by atoms with E-state index in [1.807, 2.05) is 69.3 Å². The minimum absolute atomic E-state index is 0.0264. The topological polar surface area (TPSA) is 99.6 Å². The lowest BCUT2D eigenvalue weighted by molar-refractivity contribution is -0.150. The molecule has 3 aromatic carbocycles. The zero-order valence-corrected chi connectivity index (χ0v) is 32.1. The molecule has 4 aliphatic heterocycles. The largest absolute Gasteiger partial charge is 0.497 e. The van der Waals surface area contributed by atoms with Crippen LogP contribution in [0, 0.1) is 5.92 Å². The molecule has 3 fully saturated rings. The van der Waals surface area contributed by atoms with E-state index in [0.29, 0.717) is 26.1 Å². The number of nitrogens with zero attached hydrogens (tertiary/aromatic N) is 3. The number of aliphatic hydroxyl groups excluding tert-OH is 1. The highest BCUT2D eigenvalue weighted by Crippen LogP contribution is 2.60. The Morgan fingerprint density at radius 2 is 1.73 bits per heavy atom. The molecule has 4 heterocycles. The summed E-state index contributed by atoms with van der Waals surface area (Å²) in [5, 5.41) is 11.3. The number of rotatable bonds is 9. The van der Waals surface area contributed by atoms with Crippen LogP contribution >= 0.6 is 0 Å². The first-order valence-corrected chi connectivity index (χ1v) is 22.2. The minimum atomic E-state index is -2.43. The maximum Gasteiger partial charge on any atom is 0.264 e. The minimum Gasteiger partial charge on any atom is -0.497 e. The zero-order chi connectivity index (χ0) is 36.6. The van der Waals surface area contributed by atoms with Crippen molar-refractivity contribution in [1.82, 2.24) is 4.90 Å². The average molecular weight is 724 g/mol. The monoisotopic (exact) mass is 723 g/mol. The van der Waals surface area contributed by atoms with Gasteiger partial charge in [0, 0.05) is 36.7 Å².